The van der Waals surface area contributed by atoms with Crippen LogP contribution >= 0.6 is 11.8 Å². The Kier molecular flexibility index (Phi) is 9.73. The Hall–Kier alpha value is -3.79. The number of carbonyl (C=O) groups is 4. The summed E-state index contributed by atoms with van der Waals surface area (Å²) in [6.45, 7) is 7.42. The predicted octanol–water partition coefficient (Wildman–Crippen LogP) is 4.83. The molecule has 0 aromatic heterocycles. The van der Waals surface area contributed by atoms with Crippen LogP contribution in [0.4, 0.5) is 10.5 Å². The Labute approximate surface area is 220 Å². The lowest BCUT2D eigenvalue weighted by Crippen LogP contribution is -2.34. The summed E-state index contributed by atoms with van der Waals surface area (Å²) in [5, 5.41) is 2.34. The van der Waals surface area contributed by atoms with Crippen molar-refractivity contribution in [2.75, 3.05) is 31.7 Å². The van der Waals surface area contributed by atoms with Gasteiger partial charge in [-0.2, -0.15) is 0 Å². The summed E-state index contributed by atoms with van der Waals surface area (Å²) in [6.07, 6.45) is 1.54. The van der Waals surface area contributed by atoms with E-state index >= 15 is 0 Å². The molecule has 9 nitrogen and oxygen atoms in total. The number of nitrogens with one attached hydrogen (secondary N) is 1. The Morgan fingerprint density at radius 2 is 1.78 bits per heavy atom. The zero-order chi connectivity index (χ0) is 26.9. The molecule has 3 rings (SSSR count). The molecule has 1 aliphatic heterocycles. The van der Waals surface area contributed by atoms with Crippen LogP contribution in [0.25, 0.3) is 6.08 Å². The van der Waals surface area contributed by atoms with E-state index in [1.54, 1.807) is 25.1 Å². The van der Waals surface area contributed by atoms with E-state index in [2.05, 4.69) is 19.2 Å². The summed E-state index contributed by atoms with van der Waals surface area (Å²) in [6, 6.07) is 12.6. The molecule has 1 heterocycles. The van der Waals surface area contributed by atoms with Crippen molar-refractivity contribution < 1.29 is 33.4 Å². The van der Waals surface area contributed by atoms with Crippen LogP contribution in [-0.4, -0.2) is 54.3 Å². The minimum atomic E-state index is -0.650. The summed E-state index contributed by atoms with van der Waals surface area (Å²) in [4.78, 5) is 50.1. The standard InChI is InChI=1S/C27H30N2O7S/c1-5-34-22-13-18(14-23-26(32)29(27(33)37-23)15-25(31)35-6-2)11-12-21(22)36-16-24(30)28-20-10-8-7-9-19(20)17(3)4/h7-14,17H,5-6,15-16H2,1-4H3,(H,28,30)/b23-14-. The van der Waals surface area contributed by atoms with Gasteiger partial charge in [0.1, 0.15) is 6.54 Å². The van der Waals surface area contributed by atoms with Gasteiger partial charge in [0.15, 0.2) is 18.1 Å². The van der Waals surface area contributed by atoms with Gasteiger partial charge >= 0.3 is 5.97 Å². The van der Waals surface area contributed by atoms with Crippen LogP contribution < -0.4 is 14.8 Å². The summed E-state index contributed by atoms with van der Waals surface area (Å²) < 4.78 is 16.2. The average molecular weight is 527 g/mol. The number of carbonyl (C=O) groups excluding carboxylic acids is 4. The summed E-state index contributed by atoms with van der Waals surface area (Å²) >= 11 is 0.744. The quantitative estimate of drug-likeness (QED) is 0.328. The van der Waals surface area contributed by atoms with Gasteiger partial charge < -0.3 is 19.5 Å². The van der Waals surface area contributed by atoms with Crippen molar-refractivity contribution in [3.05, 3.63) is 58.5 Å². The number of thioether (sulfide) groups is 1. The van der Waals surface area contributed by atoms with Gasteiger partial charge in [-0.3, -0.25) is 24.1 Å². The van der Waals surface area contributed by atoms with Gasteiger partial charge in [0.05, 0.1) is 18.1 Å². The number of hydrogen-bond donors (Lipinski definition) is 1. The van der Waals surface area contributed by atoms with E-state index in [1.807, 2.05) is 31.2 Å². The maximum Gasteiger partial charge on any atom is 0.326 e. The summed E-state index contributed by atoms with van der Waals surface area (Å²) in [5.74, 6) is -0.530. The van der Waals surface area contributed by atoms with E-state index in [1.165, 1.54) is 6.08 Å². The minimum Gasteiger partial charge on any atom is -0.490 e. The Morgan fingerprint density at radius 1 is 1.03 bits per heavy atom. The van der Waals surface area contributed by atoms with Gasteiger partial charge in [-0.1, -0.05) is 38.1 Å². The third-order valence-corrected chi connectivity index (χ3v) is 6.15. The Morgan fingerprint density at radius 3 is 2.49 bits per heavy atom. The van der Waals surface area contributed by atoms with Crippen LogP contribution in [0.15, 0.2) is 47.4 Å². The number of anilines is 1. The first-order chi connectivity index (χ1) is 17.7. The first kappa shape index (κ1) is 27.8. The highest BCUT2D eigenvalue weighted by molar-refractivity contribution is 8.18. The van der Waals surface area contributed by atoms with Crippen molar-refractivity contribution in [2.24, 2.45) is 0 Å². The second-order valence-corrected chi connectivity index (χ2v) is 9.28. The highest BCUT2D eigenvalue weighted by atomic mass is 32.2. The number of benzene rings is 2. The molecule has 0 unspecified atom stereocenters. The van der Waals surface area contributed by atoms with Crippen molar-refractivity contribution in [1.29, 1.82) is 0 Å². The lowest BCUT2D eigenvalue weighted by molar-refractivity contribution is -0.146. The van der Waals surface area contributed by atoms with Gasteiger partial charge in [0.2, 0.25) is 0 Å². The maximum atomic E-state index is 12.6. The monoisotopic (exact) mass is 526 g/mol. The second kappa shape index (κ2) is 13.0. The lowest BCUT2D eigenvalue weighted by atomic mass is 10.0. The second-order valence-electron chi connectivity index (χ2n) is 8.29. The SMILES string of the molecule is CCOC(=O)CN1C(=O)S/C(=C\c2ccc(OCC(=O)Nc3ccccc3C(C)C)c(OCC)c2)C1=O. The zero-order valence-electron chi connectivity index (χ0n) is 21.2. The molecule has 1 fully saturated rings. The molecule has 196 valence electrons. The topological polar surface area (TPSA) is 111 Å². The molecule has 0 radical (unpaired) electrons. The maximum absolute atomic E-state index is 12.6. The van der Waals surface area contributed by atoms with Crippen molar-refractivity contribution in [2.45, 2.75) is 33.6 Å². The molecule has 3 amide bonds. The van der Waals surface area contributed by atoms with E-state index < -0.39 is 23.7 Å². The van der Waals surface area contributed by atoms with Gasteiger partial charge in [-0.15, -0.1) is 0 Å². The van der Waals surface area contributed by atoms with Crippen molar-refractivity contribution in [3.63, 3.8) is 0 Å². The number of ether oxygens (including phenoxy) is 3. The van der Waals surface area contributed by atoms with Crippen molar-refractivity contribution in [3.8, 4) is 11.5 Å². The molecule has 2 aromatic rings. The van der Waals surface area contributed by atoms with Gasteiger partial charge in [0.25, 0.3) is 17.1 Å². The largest absolute Gasteiger partial charge is 0.490 e. The Balaban J connectivity index is 1.70. The van der Waals surface area contributed by atoms with E-state index in [0.29, 0.717) is 23.7 Å². The molecule has 0 spiro atoms. The molecule has 0 bridgehead atoms. The lowest BCUT2D eigenvalue weighted by Gasteiger charge is -2.15. The molecule has 1 N–H and O–H groups in total. The zero-order valence-corrected chi connectivity index (χ0v) is 22.1. The Bertz CT molecular complexity index is 1210. The van der Waals surface area contributed by atoms with Gasteiger partial charge in [-0.25, -0.2) is 0 Å². The number of para-hydroxylation sites is 1. The number of nitrogens with zero attached hydrogens (tertiary/aromatic N) is 1. The van der Waals surface area contributed by atoms with Crippen LogP contribution in [0, 0.1) is 0 Å². The molecule has 37 heavy (non-hydrogen) atoms. The number of rotatable bonds is 11. The molecule has 0 atom stereocenters. The fraction of sp³-hybridized carbons (Fsp3) is 0.333. The van der Waals surface area contributed by atoms with E-state index in [0.717, 1.165) is 27.9 Å². The minimum absolute atomic E-state index is 0.159. The highest BCUT2D eigenvalue weighted by Gasteiger charge is 2.36. The van der Waals surface area contributed by atoms with Crippen LogP contribution in [-0.2, 0) is 19.1 Å². The third-order valence-electron chi connectivity index (χ3n) is 5.25. The highest BCUT2D eigenvalue weighted by Crippen LogP contribution is 2.34. The number of imide groups is 1. The molecule has 2 aromatic carbocycles. The van der Waals surface area contributed by atoms with Crippen molar-refractivity contribution >= 4 is 46.5 Å². The van der Waals surface area contributed by atoms with Crippen LogP contribution in [0.2, 0.25) is 0 Å². The van der Waals surface area contributed by atoms with Crippen LogP contribution in [0.5, 0.6) is 11.5 Å². The molecule has 1 saturated heterocycles. The smallest absolute Gasteiger partial charge is 0.326 e. The number of hydrogen-bond acceptors (Lipinski definition) is 8. The summed E-state index contributed by atoms with van der Waals surface area (Å²) in [5.41, 5.74) is 2.36. The first-order valence-corrected chi connectivity index (χ1v) is 12.7. The fourth-order valence-electron chi connectivity index (χ4n) is 3.57. The number of esters is 1. The van der Waals surface area contributed by atoms with Gasteiger partial charge in [0, 0.05) is 5.69 Å². The number of amides is 3. The van der Waals surface area contributed by atoms with Crippen molar-refractivity contribution in [1.82, 2.24) is 4.90 Å². The molecule has 0 aliphatic carbocycles. The van der Waals surface area contributed by atoms with E-state index in [-0.39, 0.29) is 29.9 Å². The third kappa shape index (κ3) is 7.36. The summed E-state index contributed by atoms with van der Waals surface area (Å²) in [7, 11) is 0. The normalized spacial score (nSPS) is 14.3. The first-order valence-electron chi connectivity index (χ1n) is 11.9. The molecule has 10 heteroatoms. The van der Waals surface area contributed by atoms with Crippen LogP contribution in [0.1, 0.15) is 44.7 Å². The predicted molar refractivity (Wildman–Crippen MR) is 142 cm³/mol. The average Bonchev–Trinajstić information content (AvgIpc) is 3.11. The van der Waals surface area contributed by atoms with E-state index in [4.69, 9.17) is 14.2 Å². The van der Waals surface area contributed by atoms with E-state index in [9.17, 15) is 19.2 Å². The fourth-order valence-corrected chi connectivity index (χ4v) is 4.41. The molecule has 0 saturated carbocycles. The molecular formula is C27H30N2O7S. The molecular weight excluding hydrogens is 496 g/mol. The van der Waals surface area contributed by atoms with Gasteiger partial charge in [-0.05, 0) is 66.9 Å². The molecule has 1 aliphatic rings. The van der Waals surface area contributed by atoms with Crippen LogP contribution in [0.3, 0.4) is 0 Å².